The Morgan fingerprint density at radius 3 is 2.42 bits per heavy atom. The van der Waals surface area contributed by atoms with Crippen molar-refractivity contribution in [2.45, 2.75) is 69.8 Å². The summed E-state index contributed by atoms with van der Waals surface area (Å²) in [6.45, 7) is 9.00. The summed E-state index contributed by atoms with van der Waals surface area (Å²) in [4.78, 5) is 0.167. The zero-order valence-electron chi connectivity index (χ0n) is 23.5. The minimum Gasteiger partial charge on any atom is -0.489 e. The first kappa shape index (κ1) is 28.4. The number of hydrogen-bond donors (Lipinski definition) is 2. The minimum atomic E-state index is -3.89. The van der Waals surface area contributed by atoms with E-state index in [0.717, 1.165) is 22.4 Å². The second-order valence-corrected chi connectivity index (χ2v) is 13.1. The first-order valence-corrected chi connectivity index (χ1v) is 15.2. The third-order valence-corrected chi connectivity index (χ3v) is 8.51. The Labute approximate surface area is 237 Å². The number of fused-ring (bicyclic) bond motifs is 1. The SMILES string of the molecule is CC(C)Cc1cc(S(=O)(=O)NC(Cc2ccc(OCc3ccccc3)cc2)[C@H]2COC(C)(C)N2)cc2c1OCO2. The molecule has 3 aromatic rings. The first-order valence-electron chi connectivity index (χ1n) is 13.7. The second kappa shape index (κ2) is 11.8. The van der Waals surface area contributed by atoms with E-state index < -0.39 is 21.8 Å². The highest BCUT2D eigenvalue weighted by Crippen LogP contribution is 2.39. The van der Waals surface area contributed by atoms with Crippen molar-refractivity contribution in [3.05, 3.63) is 83.4 Å². The molecule has 2 N–H and O–H groups in total. The number of rotatable bonds is 11. The summed E-state index contributed by atoms with van der Waals surface area (Å²) in [6.07, 6.45) is 1.15. The monoisotopic (exact) mass is 566 g/mol. The summed E-state index contributed by atoms with van der Waals surface area (Å²) in [7, 11) is -3.89. The second-order valence-electron chi connectivity index (χ2n) is 11.3. The van der Waals surface area contributed by atoms with Gasteiger partial charge in [-0.05, 0) is 67.5 Å². The number of ether oxygens (including phenoxy) is 4. The van der Waals surface area contributed by atoms with Gasteiger partial charge in [0.15, 0.2) is 11.5 Å². The lowest BCUT2D eigenvalue weighted by molar-refractivity contribution is 0.0230. The van der Waals surface area contributed by atoms with Crippen LogP contribution in [0.25, 0.3) is 0 Å². The van der Waals surface area contributed by atoms with Crippen molar-refractivity contribution in [1.29, 1.82) is 0 Å². The van der Waals surface area contributed by atoms with Crippen LogP contribution in [0.5, 0.6) is 17.2 Å². The molecule has 0 saturated carbocycles. The Balaban J connectivity index is 1.35. The molecule has 2 heterocycles. The molecule has 1 unspecified atom stereocenters. The van der Waals surface area contributed by atoms with Gasteiger partial charge in [0, 0.05) is 18.2 Å². The van der Waals surface area contributed by atoms with Gasteiger partial charge in [-0.3, -0.25) is 5.32 Å². The van der Waals surface area contributed by atoms with E-state index in [1.54, 1.807) is 12.1 Å². The fourth-order valence-electron chi connectivity index (χ4n) is 5.10. The summed E-state index contributed by atoms with van der Waals surface area (Å²) >= 11 is 0. The third kappa shape index (κ3) is 6.96. The van der Waals surface area contributed by atoms with Crippen molar-refractivity contribution in [3.63, 3.8) is 0 Å². The molecule has 214 valence electrons. The molecular weight excluding hydrogens is 528 g/mol. The molecule has 2 aliphatic heterocycles. The molecule has 2 aliphatic rings. The van der Waals surface area contributed by atoms with Crippen molar-refractivity contribution < 1.29 is 27.4 Å². The van der Waals surface area contributed by atoms with E-state index in [1.807, 2.05) is 68.4 Å². The molecule has 0 aliphatic carbocycles. The highest BCUT2D eigenvalue weighted by Gasteiger charge is 2.38. The summed E-state index contributed by atoms with van der Waals surface area (Å²) in [5.41, 5.74) is 2.36. The third-order valence-electron chi connectivity index (χ3n) is 7.04. The number of hydrogen-bond acceptors (Lipinski definition) is 7. The van der Waals surface area contributed by atoms with Crippen LogP contribution < -0.4 is 24.2 Å². The van der Waals surface area contributed by atoms with Crippen LogP contribution in [0.1, 0.15) is 44.4 Å². The van der Waals surface area contributed by atoms with Crippen molar-refractivity contribution in [2.24, 2.45) is 5.92 Å². The quantitative estimate of drug-likeness (QED) is 0.344. The summed E-state index contributed by atoms with van der Waals surface area (Å²) in [5.74, 6) is 2.18. The van der Waals surface area contributed by atoms with Gasteiger partial charge in [-0.1, -0.05) is 56.3 Å². The molecule has 1 fully saturated rings. The van der Waals surface area contributed by atoms with Gasteiger partial charge in [-0.2, -0.15) is 0 Å². The van der Waals surface area contributed by atoms with Crippen molar-refractivity contribution in [2.75, 3.05) is 13.4 Å². The van der Waals surface area contributed by atoms with E-state index in [2.05, 4.69) is 23.9 Å². The summed E-state index contributed by atoms with van der Waals surface area (Å²) < 4.78 is 53.6. The maximum atomic E-state index is 13.8. The van der Waals surface area contributed by atoms with E-state index in [9.17, 15) is 8.42 Å². The molecule has 0 spiro atoms. The standard InChI is InChI=1S/C31H38N2O6S/c1-21(2)14-24-16-26(17-29-30(24)38-20-37-29)40(34,35)33-27(28-19-39-31(3,4)32-28)15-22-10-12-25(13-11-22)36-18-23-8-6-5-7-9-23/h5-13,16-17,21,27-28,32-33H,14-15,18-20H2,1-4H3/t27?,28-/m1/s1. The van der Waals surface area contributed by atoms with Crippen LogP contribution in [-0.4, -0.2) is 39.6 Å². The van der Waals surface area contributed by atoms with E-state index in [0.29, 0.717) is 43.5 Å². The molecule has 5 rings (SSSR count). The topological polar surface area (TPSA) is 95.1 Å². The highest BCUT2D eigenvalue weighted by molar-refractivity contribution is 7.89. The minimum absolute atomic E-state index is 0.0868. The largest absolute Gasteiger partial charge is 0.489 e. The maximum absolute atomic E-state index is 13.8. The van der Waals surface area contributed by atoms with E-state index in [1.165, 1.54) is 0 Å². The van der Waals surface area contributed by atoms with Crippen LogP contribution in [0.4, 0.5) is 0 Å². The molecule has 3 aromatic carbocycles. The number of benzene rings is 3. The van der Waals surface area contributed by atoms with Crippen LogP contribution in [0.3, 0.4) is 0 Å². The van der Waals surface area contributed by atoms with Gasteiger partial charge in [0.05, 0.1) is 11.5 Å². The molecule has 0 bridgehead atoms. The maximum Gasteiger partial charge on any atom is 0.241 e. The van der Waals surface area contributed by atoms with Gasteiger partial charge in [-0.25, -0.2) is 13.1 Å². The molecule has 8 nitrogen and oxygen atoms in total. The van der Waals surface area contributed by atoms with Crippen LogP contribution in [0.2, 0.25) is 0 Å². The Hall–Kier alpha value is -3.11. The lowest BCUT2D eigenvalue weighted by atomic mass is 10.0. The van der Waals surface area contributed by atoms with Gasteiger partial charge < -0.3 is 18.9 Å². The normalized spacial score (nSPS) is 18.7. The number of nitrogens with one attached hydrogen (secondary N) is 2. The Bertz CT molecular complexity index is 1410. The van der Waals surface area contributed by atoms with Gasteiger partial charge in [0.1, 0.15) is 18.1 Å². The summed E-state index contributed by atoms with van der Waals surface area (Å²) in [6, 6.07) is 20.4. The van der Waals surface area contributed by atoms with E-state index >= 15 is 0 Å². The predicted octanol–water partition coefficient (Wildman–Crippen LogP) is 4.81. The average molecular weight is 567 g/mol. The van der Waals surface area contributed by atoms with Gasteiger partial charge in [0.25, 0.3) is 0 Å². The van der Waals surface area contributed by atoms with E-state index in [4.69, 9.17) is 18.9 Å². The van der Waals surface area contributed by atoms with Crippen LogP contribution in [-0.2, 0) is 34.2 Å². The zero-order valence-corrected chi connectivity index (χ0v) is 24.3. The molecule has 0 radical (unpaired) electrons. The first-order chi connectivity index (χ1) is 19.1. The summed E-state index contributed by atoms with van der Waals surface area (Å²) in [5, 5.41) is 3.44. The highest BCUT2D eigenvalue weighted by atomic mass is 32.2. The van der Waals surface area contributed by atoms with E-state index in [-0.39, 0.29) is 17.7 Å². The molecule has 0 aromatic heterocycles. The van der Waals surface area contributed by atoms with Crippen molar-refractivity contribution in [1.82, 2.24) is 10.0 Å². The fraction of sp³-hybridized carbons (Fsp3) is 0.419. The molecule has 1 saturated heterocycles. The van der Waals surface area contributed by atoms with Crippen molar-refractivity contribution in [3.8, 4) is 17.2 Å². The molecule has 0 amide bonds. The van der Waals surface area contributed by atoms with Crippen molar-refractivity contribution >= 4 is 10.0 Å². The van der Waals surface area contributed by atoms with Crippen LogP contribution in [0, 0.1) is 5.92 Å². The van der Waals surface area contributed by atoms with Crippen LogP contribution in [0.15, 0.2) is 71.6 Å². The molecule has 40 heavy (non-hydrogen) atoms. The van der Waals surface area contributed by atoms with Gasteiger partial charge in [-0.15, -0.1) is 0 Å². The Morgan fingerprint density at radius 2 is 1.75 bits per heavy atom. The average Bonchev–Trinajstić information content (AvgIpc) is 3.54. The van der Waals surface area contributed by atoms with Gasteiger partial charge in [0.2, 0.25) is 16.8 Å². The number of sulfonamides is 1. The predicted molar refractivity (Wildman–Crippen MR) is 153 cm³/mol. The molecule has 9 heteroatoms. The van der Waals surface area contributed by atoms with Gasteiger partial charge >= 0.3 is 0 Å². The lowest BCUT2D eigenvalue weighted by Crippen LogP contribution is -2.52. The van der Waals surface area contributed by atoms with Crippen LogP contribution >= 0.6 is 0 Å². The Morgan fingerprint density at radius 1 is 1.00 bits per heavy atom. The molecular formula is C31H38N2O6S. The fourth-order valence-corrected chi connectivity index (χ4v) is 6.44. The lowest BCUT2D eigenvalue weighted by Gasteiger charge is -2.26. The zero-order chi connectivity index (χ0) is 28.3. The Kier molecular flexibility index (Phi) is 8.37. The molecule has 2 atom stereocenters. The smallest absolute Gasteiger partial charge is 0.241 e.